The molecular weight excluding hydrogens is 302 g/mol. The number of fused-ring (bicyclic) bond motifs is 1. The zero-order valence-corrected chi connectivity index (χ0v) is 12.8. The third-order valence-corrected chi connectivity index (χ3v) is 4.77. The zero-order valence-electron chi connectivity index (χ0n) is 11.2. The van der Waals surface area contributed by atoms with Gasteiger partial charge >= 0.3 is 0 Å². The van der Waals surface area contributed by atoms with Gasteiger partial charge in [-0.15, -0.1) is 0 Å². The van der Waals surface area contributed by atoms with Gasteiger partial charge in [0.05, 0.1) is 0 Å². The van der Waals surface area contributed by atoms with Crippen LogP contribution in [0.15, 0.2) is 34.8 Å². The molecule has 0 aromatic heterocycles. The second-order valence-electron chi connectivity index (χ2n) is 5.46. The summed E-state index contributed by atoms with van der Waals surface area (Å²) >= 11 is 3.54. The lowest BCUT2D eigenvalue weighted by molar-refractivity contribution is 0.0887. The Labute approximate surface area is 123 Å². The van der Waals surface area contributed by atoms with Crippen LogP contribution >= 0.6 is 15.9 Å². The average molecular weight is 322 g/mol. The van der Waals surface area contributed by atoms with Crippen molar-refractivity contribution in [3.63, 3.8) is 0 Å². The number of ether oxygens (including phenoxy) is 1. The Balaban J connectivity index is 1.85. The van der Waals surface area contributed by atoms with Crippen LogP contribution in [0.4, 0.5) is 0 Å². The van der Waals surface area contributed by atoms with E-state index in [9.17, 15) is 0 Å². The highest BCUT2D eigenvalue weighted by molar-refractivity contribution is 9.10. The first-order valence-electron chi connectivity index (χ1n) is 7.06. The Hall–Kier alpha value is -0.800. The second-order valence-corrected chi connectivity index (χ2v) is 6.38. The van der Waals surface area contributed by atoms with E-state index in [4.69, 9.17) is 4.74 Å². The molecule has 0 saturated carbocycles. The van der Waals surface area contributed by atoms with Crippen molar-refractivity contribution in [2.45, 2.75) is 37.8 Å². The van der Waals surface area contributed by atoms with Crippen LogP contribution in [0.25, 0.3) is 0 Å². The summed E-state index contributed by atoms with van der Waals surface area (Å²) in [5.41, 5.74) is 1.29. The molecule has 3 rings (SSSR count). The van der Waals surface area contributed by atoms with Crippen molar-refractivity contribution in [1.82, 2.24) is 5.32 Å². The van der Waals surface area contributed by atoms with Crippen LogP contribution in [0.3, 0.4) is 0 Å². The Kier molecular flexibility index (Phi) is 3.94. The van der Waals surface area contributed by atoms with Crippen molar-refractivity contribution >= 4 is 15.9 Å². The van der Waals surface area contributed by atoms with Crippen molar-refractivity contribution in [1.29, 1.82) is 0 Å². The van der Waals surface area contributed by atoms with Gasteiger partial charge in [-0.1, -0.05) is 34.1 Å². The van der Waals surface area contributed by atoms with E-state index in [0.29, 0.717) is 18.1 Å². The first-order valence-corrected chi connectivity index (χ1v) is 7.85. The third kappa shape index (κ3) is 2.72. The minimum Gasteiger partial charge on any atom is -0.490 e. The molecule has 1 heterocycles. The van der Waals surface area contributed by atoms with E-state index in [0.717, 1.165) is 23.1 Å². The number of hydrogen-bond acceptors (Lipinski definition) is 2. The van der Waals surface area contributed by atoms with Crippen LogP contribution in [0.2, 0.25) is 0 Å². The minimum atomic E-state index is 0.337. The smallest absolute Gasteiger partial charge is 0.125 e. The van der Waals surface area contributed by atoms with Crippen LogP contribution in [-0.4, -0.2) is 13.2 Å². The van der Waals surface area contributed by atoms with E-state index in [2.05, 4.69) is 51.6 Å². The molecule has 1 aromatic rings. The maximum atomic E-state index is 6.28. The summed E-state index contributed by atoms with van der Waals surface area (Å²) in [6, 6.07) is 6.77. The van der Waals surface area contributed by atoms with E-state index in [1.807, 2.05) is 7.05 Å². The van der Waals surface area contributed by atoms with Crippen molar-refractivity contribution < 1.29 is 4.74 Å². The van der Waals surface area contributed by atoms with Crippen molar-refractivity contribution in [2.24, 2.45) is 5.92 Å². The number of halogens is 1. The number of allylic oxidation sites excluding steroid dienone is 2. The molecule has 102 valence electrons. The molecule has 0 spiro atoms. The molecule has 0 amide bonds. The summed E-state index contributed by atoms with van der Waals surface area (Å²) in [5, 5.41) is 3.44. The van der Waals surface area contributed by atoms with Crippen LogP contribution in [0.1, 0.15) is 37.3 Å². The van der Waals surface area contributed by atoms with E-state index in [-0.39, 0.29) is 0 Å². The lowest BCUT2D eigenvalue weighted by Gasteiger charge is -2.37. The van der Waals surface area contributed by atoms with Crippen molar-refractivity contribution in [3.05, 3.63) is 40.4 Å². The molecule has 0 fully saturated rings. The van der Waals surface area contributed by atoms with E-state index in [1.54, 1.807) is 0 Å². The Morgan fingerprint density at radius 1 is 1.32 bits per heavy atom. The zero-order chi connectivity index (χ0) is 13.2. The Morgan fingerprint density at radius 3 is 2.95 bits per heavy atom. The number of benzene rings is 1. The van der Waals surface area contributed by atoms with E-state index >= 15 is 0 Å². The molecule has 1 N–H and O–H groups in total. The molecule has 0 saturated heterocycles. The summed E-state index contributed by atoms with van der Waals surface area (Å²) in [7, 11) is 2.04. The summed E-state index contributed by atoms with van der Waals surface area (Å²) in [4.78, 5) is 0. The quantitative estimate of drug-likeness (QED) is 0.823. The number of hydrogen-bond donors (Lipinski definition) is 1. The summed E-state index contributed by atoms with van der Waals surface area (Å²) in [5.74, 6) is 1.70. The van der Waals surface area contributed by atoms with Gasteiger partial charge in [0.2, 0.25) is 0 Å². The number of nitrogens with one attached hydrogen (secondary N) is 1. The molecule has 19 heavy (non-hydrogen) atoms. The van der Waals surface area contributed by atoms with Crippen molar-refractivity contribution in [2.75, 3.05) is 7.05 Å². The fourth-order valence-corrected chi connectivity index (χ4v) is 3.53. The lowest BCUT2D eigenvalue weighted by Crippen LogP contribution is -2.36. The van der Waals surface area contributed by atoms with E-state index < -0.39 is 0 Å². The molecule has 1 aliphatic heterocycles. The molecule has 1 aromatic carbocycles. The highest BCUT2D eigenvalue weighted by atomic mass is 79.9. The van der Waals surface area contributed by atoms with Gasteiger partial charge in [0, 0.05) is 22.5 Å². The normalized spacial score (nSPS) is 29.7. The minimum absolute atomic E-state index is 0.337. The lowest BCUT2D eigenvalue weighted by atomic mass is 9.83. The predicted octanol–water partition coefficient (Wildman–Crippen LogP) is 4.22. The SMILES string of the molecule is CNC1CC(C2CC=CCC2)Oc2cc(Br)ccc21. The highest BCUT2D eigenvalue weighted by Crippen LogP contribution is 2.40. The molecule has 0 radical (unpaired) electrons. The van der Waals surface area contributed by atoms with E-state index in [1.165, 1.54) is 18.4 Å². The molecule has 3 heteroatoms. The van der Waals surface area contributed by atoms with Gasteiger partial charge in [0.1, 0.15) is 11.9 Å². The first kappa shape index (κ1) is 13.2. The third-order valence-electron chi connectivity index (χ3n) is 4.28. The van der Waals surface area contributed by atoms with Gasteiger partial charge in [-0.25, -0.2) is 0 Å². The Bertz CT molecular complexity index is 486. The molecule has 3 unspecified atom stereocenters. The topological polar surface area (TPSA) is 21.3 Å². The van der Waals surface area contributed by atoms with Gasteiger partial charge in [-0.2, -0.15) is 0 Å². The van der Waals surface area contributed by atoms with Crippen LogP contribution in [0.5, 0.6) is 5.75 Å². The maximum absolute atomic E-state index is 6.28. The maximum Gasteiger partial charge on any atom is 0.125 e. The van der Waals surface area contributed by atoms with Gasteiger partial charge in [-0.3, -0.25) is 0 Å². The van der Waals surface area contributed by atoms with Gasteiger partial charge in [-0.05, 0) is 44.4 Å². The summed E-state index contributed by atoms with van der Waals surface area (Å²) in [6.07, 6.45) is 9.61. The van der Waals surface area contributed by atoms with Crippen LogP contribution < -0.4 is 10.1 Å². The molecular formula is C16H20BrNO. The first-order chi connectivity index (χ1) is 9.28. The summed E-state index contributed by atoms with van der Waals surface area (Å²) < 4.78 is 7.37. The predicted molar refractivity (Wildman–Crippen MR) is 81.5 cm³/mol. The molecule has 2 aliphatic rings. The highest BCUT2D eigenvalue weighted by Gasteiger charge is 2.32. The molecule has 2 nitrogen and oxygen atoms in total. The molecule has 3 atom stereocenters. The molecule has 1 aliphatic carbocycles. The fourth-order valence-electron chi connectivity index (χ4n) is 3.19. The largest absolute Gasteiger partial charge is 0.490 e. The molecule has 0 bridgehead atoms. The standard InChI is InChI=1S/C16H20BrNO/c1-18-14-10-15(11-5-3-2-4-6-11)19-16-9-12(17)7-8-13(14)16/h2-3,7-9,11,14-15,18H,4-6,10H2,1H3. The summed E-state index contributed by atoms with van der Waals surface area (Å²) in [6.45, 7) is 0. The number of rotatable bonds is 2. The van der Waals surface area contributed by atoms with Crippen LogP contribution in [-0.2, 0) is 0 Å². The van der Waals surface area contributed by atoms with Crippen molar-refractivity contribution in [3.8, 4) is 5.75 Å². The monoisotopic (exact) mass is 321 g/mol. The van der Waals surface area contributed by atoms with Gasteiger partial charge in [0.15, 0.2) is 0 Å². The second kappa shape index (κ2) is 5.68. The van der Waals surface area contributed by atoms with Gasteiger partial charge < -0.3 is 10.1 Å². The average Bonchev–Trinajstić information content (AvgIpc) is 2.46. The fraction of sp³-hybridized carbons (Fsp3) is 0.500. The van der Waals surface area contributed by atoms with Crippen LogP contribution in [0, 0.1) is 5.92 Å². The van der Waals surface area contributed by atoms with Gasteiger partial charge in [0.25, 0.3) is 0 Å². The Morgan fingerprint density at radius 2 is 2.21 bits per heavy atom.